The topological polar surface area (TPSA) is 84.0 Å². The quantitative estimate of drug-likeness (QED) is 0.266. The van der Waals surface area contributed by atoms with Gasteiger partial charge in [-0.1, -0.05) is 6.07 Å². The fourth-order valence-corrected chi connectivity index (χ4v) is 2.19. The SMILES string of the molecule is CCNC(=NCC(C)Oc1cccc(OC)c1)NCCC(=O)NC(C)C.I. The highest BCUT2D eigenvalue weighted by Gasteiger charge is 2.07. The molecule has 8 heteroatoms. The Morgan fingerprint density at radius 1 is 1.19 bits per heavy atom. The van der Waals surface area contributed by atoms with Crippen LogP contribution in [0.5, 0.6) is 11.5 Å². The molecule has 0 saturated carbocycles. The molecule has 0 aliphatic carbocycles. The Kier molecular flexibility index (Phi) is 13.5. The van der Waals surface area contributed by atoms with Crippen LogP contribution in [0.4, 0.5) is 0 Å². The smallest absolute Gasteiger partial charge is 0.221 e. The number of amides is 1. The molecule has 0 heterocycles. The Labute approximate surface area is 179 Å². The van der Waals surface area contributed by atoms with E-state index >= 15 is 0 Å². The van der Waals surface area contributed by atoms with Gasteiger partial charge in [0.05, 0.1) is 13.7 Å². The first kappa shape index (κ1) is 25.3. The van der Waals surface area contributed by atoms with Gasteiger partial charge in [0.1, 0.15) is 17.6 Å². The molecule has 27 heavy (non-hydrogen) atoms. The maximum atomic E-state index is 11.7. The van der Waals surface area contributed by atoms with Crippen LogP contribution < -0.4 is 25.4 Å². The van der Waals surface area contributed by atoms with E-state index in [4.69, 9.17) is 9.47 Å². The molecule has 7 nitrogen and oxygen atoms in total. The number of hydrogen-bond acceptors (Lipinski definition) is 4. The third-order valence-electron chi connectivity index (χ3n) is 3.32. The van der Waals surface area contributed by atoms with Crippen LogP contribution in [0.25, 0.3) is 0 Å². The second-order valence-corrected chi connectivity index (χ2v) is 6.23. The number of ether oxygens (including phenoxy) is 2. The van der Waals surface area contributed by atoms with Crippen LogP contribution in [-0.2, 0) is 4.79 Å². The van der Waals surface area contributed by atoms with Crippen molar-refractivity contribution < 1.29 is 14.3 Å². The van der Waals surface area contributed by atoms with Gasteiger partial charge in [-0.25, -0.2) is 4.99 Å². The number of hydrogen-bond donors (Lipinski definition) is 3. The van der Waals surface area contributed by atoms with Crippen molar-refractivity contribution in [3.63, 3.8) is 0 Å². The molecule has 0 bridgehead atoms. The van der Waals surface area contributed by atoms with Gasteiger partial charge in [-0.15, -0.1) is 24.0 Å². The van der Waals surface area contributed by atoms with Crippen molar-refractivity contribution in [2.24, 2.45) is 4.99 Å². The van der Waals surface area contributed by atoms with E-state index in [1.165, 1.54) is 0 Å². The lowest BCUT2D eigenvalue weighted by Crippen LogP contribution is -2.40. The predicted octanol–water partition coefficient (Wildman–Crippen LogP) is 2.55. The summed E-state index contributed by atoms with van der Waals surface area (Å²) in [5.41, 5.74) is 0. The average molecular weight is 492 g/mol. The molecule has 1 aromatic rings. The van der Waals surface area contributed by atoms with E-state index in [1.54, 1.807) is 7.11 Å². The highest BCUT2D eigenvalue weighted by Crippen LogP contribution is 2.19. The van der Waals surface area contributed by atoms with Gasteiger partial charge in [-0.2, -0.15) is 0 Å². The van der Waals surface area contributed by atoms with E-state index in [0.29, 0.717) is 25.5 Å². The molecule has 0 saturated heterocycles. The van der Waals surface area contributed by atoms with Crippen LogP contribution in [-0.4, -0.2) is 50.8 Å². The van der Waals surface area contributed by atoms with Crippen LogP contribution in [0.2, 0.25) is 0 Å². The zero-order chi connectivity index (χ0) is 19.4. The molecule has 0 fully saturated rings. The summed E-state index contributed by atoms with van der Waals surface area (Å²) in [7, 11) is 1.63. The van der Waals surface area contributed by atoms with Gasteiger partial charge in [0.15, 0.2) is 5.96 Å². The van der Waals surface area contributed by atoms with Gasteiger partial charge < -0.3 is 25.4 Å². The van der Waals surface area contributed by atoms with E-state index in [9.17, 15) is 4.79 Å². The number of methoxy groups -OCH3 is 1. The maximum absolute atomic E-state index is 11.7. The minimum Gasteiger partial charge on any atom is -0.497 e. The number of nitrogens with one attached hydrogen (secondary N) is 3. The first-order valence-corrected chi connectivity index (χ1v) is 9.06. The number of nitrogens with zero attached hydrogens (tertiary/aromatic N) is 1. The molecule has 0 radical (unpaired) electrons. The number of carbonyl (C=O) groups is 1. The molecular weight excluding hydrogens is 459 g/mol. The summed E-state index contributed by atoms with van der Waals surface area (Å²) < 4.78 is 11.1. The molecule has 154 valence electrons. The second-order valence-electron chi connectivity index (χ2n) is 6.23. The minimum atomic E-state index is -0.0956. The van der Waals surface area contributed by atoms with E-state index in [-0.39, 0.29) is 42.0 Å². The van der Waals surface area contributed by atoms with Crippen LogP contribution in [0, 0.1) is 0 Å². The molecular formula is C19H33IN4O3. The summed E-state index contributed by atoms with van der Waals surface area (Å²) in [5, 5.41) is 9.20. The Balaban J connectivity index is 0.00000676. The lowest BCUT2D eigenvalue weighted by molar-refractivity contribution is -0.121. The normalized spacial score (nSPS) is 12.0. The molecule has 1 aromatic carbocycles. The van der Waals surface area contributed by atoms with Crippen molar-refractivity contribution in [2.75, 3.05) is 26.7 Å². The molecule has 3 N–H and O–H groups in total. The first-order chi connectivity index (χ1) is 12.4. The number of halogens is 1. The van der Waals surface area contributed by atoms with E-state index < -0.39 is 0 Å². The Morgan fingerprint density at radius 2 is 1.89 bits per heavy atom. The van der Waals surface area contributed by atoms with Gasteiger partial charge in [0, 0.05) is 31.6 Å². The molecule has 0 spiro atoms. The molecule has 0 aliphatic heterocycles. The fraction of sp³-hybridized carbons (Fsp3) is 0.579. The highest BCUT2D eigenvalue weighted by molar-refractivity contribution is 14.0. The Hall–Kier alpha value is -1.71. The van der Waals surface area contributed by atoms with E-state index in [2.05, 4.69) is 20.9 Å². The van der Waals surface area contributed by atoms with Gasteiger partial charge >= 0.3 is 0 Å². The lowest BCUT2D eigenvalue weighted by atomic mass is 10.3. The third kappa shape index (κ3) is 11.6. The van der Waals surface area contributed by atoms with E-state index in [0.717, 1.165) is 18.0 Å². The largest absolute Gasteiger partial charge is 0.497 e. The summed E-state index contributed by atoms with van der Waals surface area (Å²) >= 11 is 0. The minimum absolute atomic E-state index is 0. The molecule has 0 aromatic heterocycles. The molecule has 1 rings (SSSR count). The standard InChI is InChI=1S/C19H32N4O3.HI/c1-6-20-19(21-11-10-18(24)23-14(2)3)22-13-15(4)26-17-9-7-8-16(12-17)25-5;/h7-9,12,14-15H,6,10-11,13H2,1-5H3,(H,23,24)(H2,20,21,22);1H. The summed E-state index contributed by atoms with van der Waals surface area (Å²) in [6, 6.07) is 7.64. The molecule has 1 unspecified atom stereocenters. The zero-order valence-corrected chi connectivity index (χ0v) is 19.2. The van der Waals surface area contributed by atoms with E-state index in [1.807, 2.05) is 52.0 Å². The lowest BCUT2D eigenvalue weighted by Gasteiger charge is -2.16. The van der Waals surface area contributed by atoms with Crippen molar-refractivity contribution in [2.45, 2.75) is 46.3 Å². The first-order valence-electron chi connectivity index (χ1n) is 9.06. The van der Waals surface area contributed by atoms with Crippen molar-refractivity contribution in [3.05, 3.63) is 24.3 Å². The van der Waals surface area contributed by atoms with Crippen LogP contribution >= 0.6 is 24.0 Å². The Bertz CT molecular complexity index is 582. The maximum Gasteiger partial charge on any atom is 0.221 e. The van der Waals surface area contributed by atoms with Crippen molar-refractivity contribution in [1.29, 1.82) is 0 Å². The number of benzene rings is 1. The van der Waals surface area contributed by atoms with Gasteiger partial charge in [-0.05, 0) is 39.8 Å². The summed E-state index contributed by atoms with van der Waals surface area (Å²) in [6.45, 7) is 9.61. The Morgan fingerprint density at radius 3 is 2.52 bits per heavy atom. The summed E-state index contributed by atoms with van der Waals surface area (Å²) in [6.07, 6.45) is 0.306. The van der Waals surface area contributed by atoms with Crippen LogP contribution in [0.3, 0.4) is 0 Å². The number of rotatable bonds is 10. The van der Waals surface area contributed by atoms with Gasteiger partial charge in [0.25, 0.3) is 0 Å². The molecule has 0 aliphatic rings. The van der Waals surface area contributed by atoms with Crippen LogP contribution in [0.15, 0.2) is 29.3 Å². The van der Waals surface area contributed by atoms with Crippen molar-refractivity contribution in [1.82, 2.24) is 16.0 Å². The van der Waals surface area contributed by atoms with Crippen molar-refractivity contribution in [3.8, 4) is 11.5 Å². The van der Waals surface area contributed by atoms with Crippen molar-refractivity contribution >= 4 is 35.8 Å². The number of guanidine groups is 1. The molecule has 1 atom stereocenters. The fourth-order valence-electron chi connectivity index (χ4n) is 2.19. The number of carbonyl (C=O) groups excluding carboxylic acids is 1. The zero-order valence-electron chi connectivity index (χ0n) is 16.9. The van der Waals surface area contributed by atoms with Crippen LogP contribution in [0.1, 0.15) is 34.1 Å². The third-order valence-corrected chi connectivity index (χ3v) is 3.32. The highest BCUT2D eigenvalue weighted by atomic mass is 127. The second kappa shape index (κ2) is 14.4. The monoisotopic (exact) mass is 492 g/mol. The average Bonchev–Trinajstić information content (AvgIpc) is 2.59. The summed E-state index contributed by atoms with van der Waals surface area (Å²) in [4.78, 5) is 16.2. The summed E-state index contributed by atoms with van der Waals surface area (Å²) in [5.74, 6) is 2.20. The predicted molar refractivity (Wildman–Crippen MR) is 120 cm³/mol. The molecule has 1 amide bonds. The van der Waals surface area contributed by atoms with Gasteiger partial charge in [0.2, 0.25) is 5.91 Å². The van der Waals surface area contributed by atoms with Gasteiger partial charge in [-0.3, -0.25) is 4.79 Å². The number of aliphatic imine (C=N–C) groups is 1.